The normalized spacial score (nSPS) is 9.00. The van der Waals surface area contributed by atoms with Crippen LogP contribution in [0.2, 0.25) is 0 Å². The summed E-state index contributed by atoms with van der Waals surface area (Å²) in [5, 5.41) is 0. The lowest BCUT2D eigenvalue weighted by molar-refractivity contribution is 0.523. The van der Waals surface area contributed by atoms with Gasteiger partial charge >= 0.3 is 0 Å². The standard InChI is InChI=1S/C7H8O/c1-2-4-7-5-3-6-8-7/h2-3,5-6H,1,4H2/i7+2. The Balaban J connectivity index is 2.62. The van der Waals surface area contributed by atoms with Crippen LogP contribution < -0.4 is 0 Å². The summed E-state index contributed by atoms with van der Waals surface area (Å²) in [4.78, 5) is 0. The lowest BCUT2D eigenvalue weighted by Gasteiger charge is -1.81. The molecule has 42 valence electrons. The van der Waals surface area contributed by atoms with Crippen molar-refractivity contribution in [1.82, 2.24) is 0 Å². The quantitative estimate of drug-likeness (QED) is 0.531. The Bertz CT molecular complexity index is 151. The van der Waals surface area contributed by atoms with Gasteiger partial charge < -0.3 is 4.42 Å². The molecule has 1 aromatic heterocycles. The molecule has 0 aliphatic heterocycles. The van der Waals surface area contributed by atoms with Crippen molar-refractivity contribution in [1.29, 1.82) is 0 Å². The van der Waals surface area contributed by atoms with Crippen molar-refractivity contribution >= 4 is 0 Å². The molecule has 0 bridgehead atoms. The van der Waals surface area contributed by atoms with Crippen molar-refractivity contribution in [2.24, 2.45) is 0 Å². The van der Waals surface area contributed by atoms with Crippen molar-refractivity contribution in [2.75, 3.05) is 0 Å². The number of hydrogen-bond acceptors (Lipinski definition) is 1. The molecular weight excluding hydrogens is 102 g/mol. The van der Waals surface area contributed by atoms with Gasteiger partial charge in [-0.05, 0) is 12.1 Å². The monoisotopic (exact) mass is 110 g/mol. The van der Waals surface area contributed by atoms with Gasteiger partial charge in [-0.3, -0.25) is 0 Å². The van der Waals surface area contributed by atoms with E-state index >= 15 is 0 Å². The van der Waals surface area contributed by atoms with E-state index < -0.39 is 0 Å². The van der Waals surface area contributed by atoms with Crippen molar-refractivity contribution < 1.29 is 4.42 Å². The van der Waals surface area contributed by atoms with Crippen LogP contribution in [0.3, 0.4) is 0 Å². The summed E-state index contributed by atoms with van der Waals surface area (Å²) in [5.41, 5.74) is 0. The lowest BCUT2D eigenvalue weighted by atomic mass is 10.6. The first-order valence-electron chi connectivity index (χ1n) is 2.57. The minimum absolute atomic E-state index is 0.826. The van der Waals surface area contributed by atoms with Crippen molar-refractivity contribution in [3.05, 3.63) is 36.8 Å². The van der Waals surface area contributed by atoms with Gasteiger partial charge in [-0.15, -0.1) is 6.58 Å². The van der Waals surface area contributed by atoms with Crippen LogP contribution in [0.1, 0.15) is 5.76 Å². The highest BCUT2D eigenvalue weighted by atomic mass is 16.5. The van der Waals surface area contributed by atoms with Crippen LogP contribution in [0.25, 0.3) is 0 Å². The second-order valence-corrected chi connectivity index (χ2v) is 1.57. The zero-order valence-corrected chi connectivity index (χ0v) is 4.63. The van der Waals surface area contributed by atoms with E-state index in [0.29, 0.717) is 0 Å². The Morgan fingerprint density at radius 1 is 1.75 bits per heavy atom. The van der Waals surface area contributed by atoms with Crippen LogP contribution >= 0.6 is 0 Å². The van der Waals surface area contributed by atoms with Crippen LogP contribution in [0.15, 0.2) is 35.5 Å². The third-order valence-electron chi connectivity index (χ3n) is 0.926. The van der Waals surface area contributed by atoms with Crippen LogP contribution in [0.4, 0.5) is 0 Å². The van der Waals surface area contributed by atoms with Crippen LogP contribution in [0.5, 0.6) is 0 Å². The van der Waals surface area contributed by atoms with Gasteiger partial charge in [0.15, 0.2) is 0 Å². The minimum atomic E-state index is 0.826. The predicted molar refractivity (Wildman–Crippen MR) is 32.6 cm³/mol. The molecule has 0 saturated heterocycles. The van der Waals surface area contributed by atoms with E-state index in [-0.39, 0.29) is 0 Å². The maximum absolute atomic E-state index is 5.00. The molecule has 0 amide bonds. The van der Waals surface area contributed by atoms with Gasteiger partial charge in [-0.2, -0.15) is 0 Å². The number of rotatable bonds is 2. The molecule has 0 unspecified atom stereocenters. The number of hydrogen-bond donors (Lipinski definition) is 0. The summed E-state index contributed by atoms with van der Waals surface area (Å²) in [6.07, 6.45) is 4.31. The number of furan rings is 1. The highest BCUT2D eigenvalue weighted by molar-refractivity contribution is 5.01. The first kappa shape index (κ1) is 5.16. The second-order valence-electron chi connectivity index (χ2n) is 1.57. The van der Waals surface area contributed by atoms with Crippen molar-refractivity contribution in [3.63, 3.8) is 0 Å². The largest absolute Gasteiger partial charge is 0.469 e. The summed E-state index contributed by atoms with van der Waals surface area (Å²) >= 11 is 0. The topological polar surface area (TPSA) is 13.1 Å². The molecule has 0 fully saturated rings. The zero-order valence-electron chi connectivity index (χ0n) is 4.63. The molecule has 0 aliphatic rings. The maximum Gasteiger partial charge on any atom is 0.107 e. The molecule has 1 heterocycles. The molecule has 0 radical (unpaired) electrons. The van der Waals surface area contributed by atoms with Gasteiger partial charge in [0.05, 0.1) is 6.26 Å². The fraction of sp³-hybridized carbons (Fsp3) is 0.143. The van der Waals surface area contributed by atoms with Gasteiger partial charge in [0.25, 0.3) is 0 Å². The fourth-order valence-corrected chi connectivity index (χ4v) is 0.571. The predicted octanol–water partition coefficient (Wildman–Crippen LogP) is 2.01. The SMILES string of the molecule is C=CC[14c]1ccco1. The Hall–Kier alpha value is -0.980. The van der Waals surface area contributed by atoms with Gasteiger partial charge in [0, 0.05) is 6.42 Å². The van der Waals surface area contributed by atoms with E-state index in [1.165, 1.54) is 0 Å². The molecule has 0 aliphatic carbocycles. The number of allylic oxidation sites excluding steroid dienone is 1. The van der Waals surface area contributed by atoms with E-state index in [2.05, 4.69) is 6.58 Å². The van der Waals surface area contributed by atoms with E-state index in [0.717, 1.165) is 12.2 Å². The molecule has 1 rings (SSSR count). The van der Waals surface area contributed by atoms with Crippen molar-refractivity contribution in [3.8, 4) is 0 Å². The fourth-order valence-electron chi connectivity index (χ4n) is 0.571. The highest BCUT2D eigenvalue weighted by Gasteiger charge is 1.86. The van der Waals surface area contributed by atoms with Crippen LogP contribution in [-0.2, 0) is 6.42 Å². The molecule has 0 aromatic carbocycles. The first-order chi connectivity index (χ1) is 3.93. The van der Waals surface area contributed by atoms with Gasteiger partial charge in [-0.1, -0.05) is 6.08 Å². The minimum Gasteiger partial charge on any atom is -0.469 e. The zero-order chi connectivity index (χ0) is 5.82. The second kappa shape index (κ2) is 2.36. The average molecular weight is 110 g/mol. The molecule has 0 atom stereocenters. The molecular formula is C7H8O. The van der Waals surface area contributed by atoms with Crippen LogP contribution in [0, 0.1) is 0 Å². The Kier molecular flexibility index (Phi) is 1.52. The lowest BCUT2D eigenvalue weighted by Crippen LogP contribution is -1.69. The van der Waals surface area contributed by atoms with E-state index in [1.807, 2.05) is 18.2 Å². The summed E-state index contributed by atoms with van der Waals surface area (Å²) in [7, 11) is 0. The summed E-state index contributed by atoms with van der Waals surface area (Å²) in [6, 6.07) is 3.81. The summed E-state index contributed by atoms with van der Waals surface area (Å²) < 4.78 is 5.00. The Labute approximate surface area is 48.6 Å². The molecule has 1 aromatic rings. The molecule has 0 N–H and O–H groups in total. The van der Waals surface area contributed by atoms with E-state index in [9.17, 15) is 0 Å². The van der Waals surface area contributed by atoms with Crippen LogP contribution in [-0.4, -0.2) is 0 Å². The Morgan fingerprint density at radius 2 is 2.62 bits per heavy atom. The third kappa shape index (κ3) is 0.997. The van der Waals surface area contributed by atoms with E-state index in [4.69, 9.17) is 4.42 Å². The highest BCUT2D eigenvalue weighted by Crippen LogP contribution is 1.99. The van der Waals surface area contributed by atoms with Gasteiger partial charge in [0.1, 0.15) is 5.76 Å². The molecule has 0 saturated carbocycles. The molecule has 0 spiro atoms. The summed E-state index contributed by atoms with van der Waals surface area (Å²) in [6.45, 7) is 3.58. The maximum atomic E-state index is 5.00. The average Bonchev–Trinajstić information content (AvgIpc) is 2.19. The van der Waals surface area contributed by atoms with E-state index in [1.54, 1.807) is 6.26 Å². The van der Waals surface area contributed by atoms with Gasteiger partial charge in [0.2, 0.25) is 0 Å². The first-order valence-corrected chi connectivity index (χ1v) is 2.57. The van der Waals surface area contributed by atoms with Gasteiger partial charge in [-0.25, -0.2) is 0 Å². The molecule has 1 heteroatoms. The third-order valence-corrected chi connectivity index (χ3v) is 0.926. The summed E-state index contributed by atoms with van der Waals surface area (Å²) in [5.74, 6) is 0.972. The molecule has 1 nitrogen and oxygen atoms in total. The molecule has 8 heavy (non-hydrogen) atoms. The smallest absolute Gasteiger partial charge is 0.107 e. The Morgan fingerprint density at radius 3 is 3.12 bits per heavy atom. The van der Waals surface area contributed by atoms with Crippen molar-refractivity contribution in [2.45, 2.75) is 6.42 Å².